The Balaban J connectivity index is 1.23. The summed E-state index contributed by atoms with van der Waals surface area (Å²) in [7, 11) is -6.07. The predicted octanol–water partition coefficient (Wildman–Crippen LogP) is 5.28. The summed E-state index contributed by atoms with van der Waals surface area (Å²) in [6, 6.07) is 16.8. The Bertz CT molecular complexity index is 2020. The SMILES string of the molecule is CC(=O)N1CC[C@H]2CC[C@@H](C(=O)Nc3ccc(-c4ccccc4)cc3)N2C(=O)[C@@H](NC(=O)c2cc3cc(C(F)(F)P(=O)(O)O)c(F)cc3s2)C1. The number of nitrogens with zero attached hydrogens (tertiary/aromatic N) is 2. The molecule has 3 heterocycles. The third kappa shape index (κ3) is 6.91. The number of fused-ring (bicyclic) bond motifs is 2. The molecule has 0 bridgehead atoms. The van der Waals surface area contributed by atoms with Crippen molar-refractivity contribution in [2.75, 3.05) is 18.4 Å². The van der Waals surface area contributed by atoms with Crippen LogP contribution in [0.5, 0.6) is 0 Å². The summed E-state index contributed by atoms with van der Waals surface area (Å²) < 4.78 is 54.7. The number of carbonyl (C=O) groups excluding carboxylic acids is 4. The van der Waals surface area contributed by atoms with Gasteiger partial charge in [0.15, 0.2) is 0 Å². The van der Waals surface area contributed by atoms with Crippen molar-refractivity contribution in [2.45, 2.75) is 50.0 Å². The summed E-state index contributed by atoms with van der Waals surface area (Å²) in [4.78, 5) is 74.6. The lowest BCUT2D eigenvalue weighted by molar-refractivity contribution is -0.143. The van der Waals surface area contributed by atoms with E-state index in [0.29, 0.717) is 37.1 Å². The van der Waals surface area contributed by atoms with Gasteiger partial charge in [0.1, 0.15) is 17.9 Å². The molecule has 16 heteroatoms. The van der Waals surface area contributed by atoms with E-state index in [9.17, 15) is 36.9 Å². The summed E-state index contributed by atoms with van der Waals surface area (Å²) in [5, 5.41) is 5.43. The molecule has 2 saturated heterocycles. The van der Waals surface area contributed by atoms with Crippen LogP contribution in [-0.4, -0.2) is 74.4 Å². The Morgan fingerprint density at radius 1 is 0.960 bits per heavy atom. The maximum Gasteiger partial charge on any atom is 0.399 e. The summed E-state index contributed by atoms with van der Waals surface area (Å²) in [6.45, 7) is 1.41. The fourth-order valence-corrected chi connectivity index (χ4v) is 7.88. The van der Waals surface area contributed by atoms with Gasteiger partial charge in [0.2, 0.25) is 17.7 Å². The fourth-order valence-electron chi connectivity index (χ4n) is 6.42. The number of anilines is 1. The lowest BCUT2D eigenvalue weighted by Gasteiger charge is -2.38. The summed E-state index contributed by atoms with van der Waals surface area (Å²) in [5.74, 6) is -3.71. The van der Waals surface area contributed by atoms with Crippen LogP contribution in [0.4, 0.5) is 18.9 Å². The monoisotopic (exact) mass is 728 g/mol. The van der Waals surface area contributed by atoms with E-state index in [0.717, 1.165) is 28.5 Å². The molecule has 4 amide bonds. The second-order valence-electron chi connectivity index (χ2n) is 12.3. The quantitative estimate of drug-likeness (QED) is 0.189. The minimum Gasteiger partial charge on any atom is -0.340 e. The molecule has 0 radical (unpaired) electrons. The Hall–Kier alpha value is -4.56. The number of rotatable bonds is 7. The van der Waals surface area contributed by atoms with Crippen molar-refractivity contribution < 1.29 is 46.7 Å². The standard InChI is InChI=1S/C34H32F3N4O7PS/c1-19(42)40-14-13-24-11-12-28(31(43)38-23-9-7-21(8-10-23)20-5-3-2-4-6-20)41(24)33(45)27(18-40)39-32(44)30-16-22-15-25(26(35)17-29(22)50-30)34(36,37)49(46,47)48/h2-10,15-17,24,27-28H,11-14,18H2,1H3,(H,38,43)(H,39,44)(H2,46,47,48)/t24-,27+,28+/m1/s1. The molecule has 0 saturated carbocycles. The Morgan fingerprint density at radius 2 is 1.64 bits per heavy atom. The number of halogens is 3. The number of nitrogens with one attached hydrogen (secondary N) is 2. The molecular weight excluding hydrogens is 696 g/mol. The Kier molecular flexibility index (Phi) is 9.61. The van der Waals surface area contributed by atoms with E-state index < -0.39 is 54.4 Å². The van der Waals surface area contributed by atoms with Crippen molar-refractivity contribution in [3.8, 4) is 11.1 Å². The first-order valence-electron chi connectivity index (χ1n) is 15.7. The zero-order chi connectivity index (χ0) is 36.0. The van der Waals surface area contributed by atoms with Gasteiger partial charge in [-0.1, -0.05) is 42.5 Å². The van der Waals surface area contributed by atoms with Gasteiger partial charge < -0.3 is 30.2 Å². The molecule has 6 rings (SSSR count). The maximum absolute atomic E-state index is 14.6. The number of amides is 4. The molecular formula is C34H32F3N4O7PS. The van der Waals surface area contributed by atoms with Gasteiger partial charge in [-0.25, -0.2) is 4.39 Å². The lowest BCUT2D eigenvalue weighted by atomic mass is 10.1. The van der Waals surface area contributed by atoms with E-state index in [1.165, 1.54) is 16.7 Å². The van der Waals surface area contributed by atoms with E-state index in [4.69, 9.17) is 9.79 Å². The molecule has 11 nitrogen and oxygen atoms in total. The molecule has 3 atom stereocenters. The maximum atomic E-state index is 14.6. The number of alkyl halides is 2. The summed E-state index contributed by atoms with van der Waals surface area (Å²) >= 11 is 0.718. The van der Waals surface area contributed by atoms with Gasteiger partial charge in [0.05, 0.1) is 10.4 Å². The third-order valence-electron chi connectivity index (χ3n) is 9.02. The first kappa shape index (κ1) is 35.3. The number of carbonyl (C=O) groups is 4. The first-order valence-corrected chi connectivity index (χ1v) is 18.1. The molecule has 0 spiro atoms. The van der Waals surface area contributed by atoms with Crippen molar-refractivity contribution in [1.29, 1.82) is 0 Å². The van der Waals surface area contributed by atoms with Crippen molar-refractivity contribution >= 4 is 58.3 Å². The van der Waals surface area contributed by atoms with Crippen LogP contribution in [0.15, 0.2) is 72.8 Å². The van der Waals surface area contributed by atoms with E-state index in [2.05, 4.69) is 10.6 Å². The van der Waals surface area contributed by atoms with Gasteiger partial charge in [0.25, 0.3) is 5.91 Å². The Morgan fingerprint density at radius 3 is 2.30 bits per heavy atom. The van der Waals surface area contributed by atoms with Gasteiger partial charge in [-0.05, 0) is 66.1 Å². The minimum atomic E-state index is -6.07. The molecule has 0 aliphatic carbocycles. The number of hydrogen-bond donors (Lipinski definition) is 4. The predicted molar refractivity (Wildman–Crippen MR) is 180 cm³/mol. The second kappa shape index (κ2) is 13.6. The third-order valence-corrected chi connectivity index (χ3v) is 11.1. The first-order chi connectivity index (χ1) is 23.6. The highest BCUT2D eigenvalue weighted by molar-refractivity contribution is 7.52. The highest BCUT2D eigenvalue weighted by Gasteiger charge is 2.52. The number of hydrogen-bond acceptors (Lipinski definition) is 6. The van der Waals surface area contributed by atoms with Crippen molar-refractivity contribution in [3.63, 3.8) is 0 Å². The topological polar surface area (TPSA) is 156 Å². The number of thiophene rings is 1. The highest BCUT2D eigenvalue weighted by Crippen LogP contribution is 2.60. The molecule has 1 aromatic heterocycles. The average Bonchev–Trinajstić information content (AvgIpc) is 3.69. The van der Waals surface area contributed by atoms with E-state index in [1.54, 1.807) is 12.1 Å². The van der Waals surface area contributed by atoms with Crippen molar-refractivity contribution in [3.05, 3.63) is 89.1 Å². The van der Waals surface area contributed by atoms with Gasteiger partial charge in [-0.2, -0.15) is 8.78 Å². The summed E-state index contributed by atoms with van der Waals surface area (Å²) in [6.07, 6.45) is 1.27. The van der Waals surface area contributed by atoms with Crippen molar-refractivity contribution in [2.24, 2.45) is 0 Å². The zero-order valence-corrected chi connectivity index (χ0v) is 28.2. The Labute approximate surface area is 288 Å². The van der Waals surface area contributed by atoms with Crippen LogP contribution < -0.4 is 10.6 Å². The molecule has 4 N–H and O–H groups in total. The molecule has 50 heavy (non-hydrogen) atoms. The molecule has 2 aliphatic rings. The second-order valence-corrected chi connectivity index (χ2v) is 15.0. The van der Waals surface area contributed by atoms with Crippen LogP contribution in [0, 0.1) is 5.82 Å². The average molecular weight is 729 g/mol. The lowest BCUT2D eigenvalue weighted by Crippen LogP contribution is -2.60. The fraction of sp³-hybridized carbons (Fsp3) is 0.294. The van der Waals surface area contributed by atoms with Crippen LogP contribution in [0.2, 0.25) is 0 Å². The van der Waals surface area contributed by atoms with Crippen LogP contribution in [-0.2, 0) is 24.6 Å². The molecule has 2 aliphatic heterocycles. The largest absolute Gasteiger partial charge is 0.399 e. The van der Waals surface area contributed by atoms with E-state index >= 15 is 0 Å². The molecule has 262 valence electrons. The molecule has 0 unspecified atom stereocenters. The molecule has 2 fully saturated rings. The number of benzene rings is 3. The summed E-state index contributed by atoms with van der Waals surface area (Å²) in [5.41, 5.74) is -3.82. The van der Waals surface area contributed by atoms with Crippen molar-refractivity contribution in [1.82, 2.24) is 15.1 Å². The highest BCUT2D eigenvalue weighted by atomic mass is 32.1. The van der Waals surface area contributed by atoms with Crippen LogP contribution in [0.1, 0.15) is 41.4 Å². The van der Waals surface area contributed by atoms with Crippen LogP contribution >= 0.6 is 18.9 Å². The smallest absolute Gasteiger partial charge is 0.340 e. The van der Waals surface area contributed by atoms with E-state index in [1.807, 2.05) is 42.5 Å². The van der Waals surface area contributed by atoms with Gasteiger partial charge in [-0.15, -0.1) is 11.3 Å². The van der Waals surface area contributed by atoms with Gasteiger partial charge in [-0.3, -0.25) is 23.7 Å². The zero-order valence-electron chi connectivity index (χ0n) is 26.5. The minimum absolute atomic E-state index is 0.0420. The van der Waals surface area contributed by atoms with Crippen LogP contribution in [0.3, 0.4) is 0 Å². The normalized spacial score (nSPS) is 19.9. The molecule has 3 aromatic carbocycles. The van der Waals surface area contributed by atoms with Gasteiger partial charge >= 0.3 is 13.3 Å². The van der Waals surface area contributed by atoms with Crippen LogP contribution in [0.25, 0.3) is 21.2 Å². The van der Waals surface area contributed by atoms with E-state index in [-0.39, 0.29) is 40.0 Å². The molecule has 4 aromatic rings. The van der Waals surface area contributed by atoms with Gasteiger partial charge in [0, 0.05) is 36.4 Å².